The Morgan fingerprint density at radius 1 is 1.02 bits per heavy atom. The largest absolute Gasteiger partial charge is 0.466 e. The molecule has 4 bridgehead atoms. The van der Waals surface area contributed by atoms with Gasteiger partial charge in [-0.05, 0) is 81.0 Å². The Balaban J connectivity index is 1.47. The van der Waals surface area contributed by atoms with Gasteiger partial charge in [0.25, 0.3) is 15.9 Å². The second-order valence-electron chi connectivity index (χ2n) is 12.1. The quantitative estimate of drug-likeness (QED) is 0.273. The van der Waals surface area contributed by atoms with Crippen molar-refractivity contribution in [2.75, 3.05) is 18.3 Å². The maximum Gasteiger partial charge on any atom is 0.394 e. The van der Waals surface area contributed by atoms with E-state index in [-0.39, 0.29) is 48.1 Å². The van der Waals surface area contributed by atoms with Crippen molar-refractivity contribution in [1.29, 1.82) is 0 Å². The van der Waals surface area contributed by atoms with Crippen molar-refractivity contribution in [3.63, 3.8) is 0 Å². The number of amides is 1. The second-order valence-corrected chi connectivity index (χ2v) is 13.7. The zero-order chi connectivity index (χ0) is 33.0. The Bertz CT molecular complexity index is 1920. The van der Waals surface area contributed by atoms with E-state index in [1.807, 2.05) is 32.0 Å². The molecule has 6 rings (SSSR count). The summed E-state index contributed by atoms with van der Waals surface area (Å²) in [6, 6.07) is 14.6. The number of aryl methyl sites for hydroxylation is 2. The summed E-state index contributed by atoms with van der Waals surface area (Å²) >= 11 is 0. The molecule has 9 nitrogen and oxygen atoms in total. The third-order valence-electron chi connectivity index (χ3n) is 8.65. The number of fused-ring (bicyclic) bond motifs is 4. The Kier molecular flexibility index (Phi) is 7.78. The minimum Gasteiger partial charge on any atom is -0.466 e. The fourth-order valence-electron chi connectivity index (χ4n) is 5.77. The molecule has 46 heavy (non-hydrogen) atoms. The first-order valence-corrected chi connectivity index (χ1v) is 16.2. The molecule has 13 heteroatoms. The summed E-state index contributed by atoms with van der Waals surface area (Å²) in [5.74, 6) is -0.637. The van der Waals surface area contributed by atoms with Gasteiger partial charge in [-0.15, -0.1) is 0 Å². The van der Waals surface area contributed by atoms with Gasteiger partial charge in [-0.25, -0.2) is 18.1 Å². The minimum absolute atomic E-state index is 0.0282. The molecule has 3 heterocycles. The maximum absolute atomic E-state index is 13.6. The molecule has 0 unspecified atom stereocenters. The monoisotopic (exact) mass is 651 g/mol. The molecule has 1 fully saturated rings. The maximum atomic E-state index is 13.6. The SMILES string of the molecule is Cc1cccc(C)c1-c1nc2nc(c1C)O[C@H](c1ccc(CC3(C(F)(F)F)CC3)cn1)CN(C)C(=O)c1cccc(c1)S(=O)(=O)N2. The first kappa shape index (κ1) is 31.5. The third-order valence-corrected chi connectivity index (χ3v) is 9.98. The van der Waals surface area contributed by atoms with Gasteiger partial charge in [0.05, 0.1) is 28.2 Å². The Labute approximate surface area is 264 Å². The fourth-order valence-corrected chi connectivity index (χ4v) is 6.76. The van der Waals surface area contributed by atoms with Gasteiger partial charge >= 0.3 is 6.18 Å². The lowest BCUT2D eigenvalue weighted by Crippen LogP contribution is -2.33. The number of hydrogen-bond donors (Lipinski definition) is 1. The van der Waals surface area contributed by atoms with E-state index in [1.54, 1.807) is 26.1 Å². The predicted molar refractivity (Wildman–Crippen MR) is 165 cm³/mol. The number of carbonyl (C=O) groups is 1. The van der Waals surface area contributed by atoms with Gasteiger partial charge in [0.1, 0.15) is 0 Å². The van der Waals surface area contributed by atoms with Crippen molar-refractivity contribution >= 4 is 21.9 Å². The van der Waals surface area contributed by atoms with Crippen LogP contribution in [0.1, 0.15) is 57.3 Å². The van der Waals surface area contributed by atoms with E-state index in [0.29, 0.717) is 22.5 Å². The molecule has 0 spiro atoms. The van der Waals surface area contributed by atoms with E-state index in [0.717, 1.165) is 16.7 Å². The fraction of sp³-hybridized carbons (Fsp3) is 0.333. The van der Waals surface area contributed by atoms with Crippen LogP contribution in [0.3, 0.4) is 0 Å². The molecule has 240 valence electrons. The number of halogens is 3. The van der Waals surface area contributed by atoms with E-state index in [4.69, 9.17) is 4.74 Å². The van der Waals surface area contributed by atoms with Crippen LogP contribution in [-0.4, -0.2) is 53.9 Å². The minimum atomic E-state index is -4.29. The molecule has 2 aromatic carbocycles. The molecule has 1 aliphatic carbocycles. The normalized spacial score (nSPS) is 18.8. The van der Waals surface area contributed by atoms with Gasteiger partial charge in [0.15, 0.2) is 6.10 Å². The van der Waals surface area contributed by atoms with Gasteiger partial charge in [-0.3, -0.25) is 9.78 Å². The molecule has 1 N–H and O–H groups in total. The molecule has 2 aliphatic rings. The molecule has 1 saturated carbocycles. The van der Waals surface area contributed by atoms with Gasteiger partial charge in [-0.1, -0.05) is 30.3 Å². The highest BCUT2D eigenvalue weighted by atomic mass is 32.2. The third kappa shape index (κ3) is 5.91. The lowest BCUT2D eigenvalue weighted by Gasteiger charge is -2.26. The number of aromatic nitrogens is 3. The number of sulfonamides is 1. The van der Waals surface area contributed by atoms with Gasteiger partial charge in [0.2, 0.25) is 11.8 Å². The van der Waals surface area contributed by atoms with Crippen molar-refractivity contribution in [1.82, 2.24) is 19.9 Å². The Morgan fingerprint density at radius 3 is 2.35 bits per heavy atom. The number of nitrogens with one attached hydrogen (secondary N) is 1. The summed E-state index contributed by atoms with van der Waals surface area (Å²) in [5, 5.41) is 0. The summed E-state index contributed by atoms with van der Waals surface area (Å²) in [4.78, 5) is 28.3. The highest BCUT2D eigenvalue weighted by Gasteiger charge is 2.62. The number of pyridine rings is 1. The van der Waals surface area contributed by atoms with E-state index in [1.165, 1.54) is 35.4 Å². The summed E-state index contributed by atoms with van der Waals surface area (Å²) in [5.41, 5.74) is 2.78. The average molecular weight is 652 g/mol. The van der Waals surface area contributed by atoms with Crippen LogP contribution in [0.25, 0.3) is 11.3 Å². The molecule has 2 aromatic heterocycles. The van der Waals surface area contributed by atoms with E-state index < -0.39 is 33.6 Å². The topological polar surface area (TPSA) is 114 Å². The number of rotatable bonds is 4. The van der Waals surface area contributed by atoms with Crippen LogP contribution in [0.15, 0.2) is 65.7 Å². The van der Waals surface area contributed by atoms with Crippen molar-refractivity contribution < 1.29 is 31.1 Å². The molecule has 0 radical (unpaired) electrons. The van der Waals surface area contributed by atoms with Crippen LogP contribution in [0.5, 0.6) is 5.88 Å². The summed E-state index contributed by atoms with van der Waals surface area (Å²) in [6.45, 7) is 5.56. The van der Waals surface area contributed by atoms with Gasteiger partial charge in [-0.2, -0.15) is 18.2 Å². The number of hydrogen-bond acceptors (Lipinski definition) is 7. The second kappa shape index (κ2) is 11.4. The average Bonchev–Trinajstić information content (AvgIpc) is 3.79. The van der Waals surface area contributed by atoms with Gasteiger partial charge in [0, 0.05) is 29.9 Å². The molecule has 1 atom stereocenters. The van der Waals surface area contributed by atoms with Crippen LogP contribution in [0, 0.1) is 26.2 Å². The lowest BCUT2D eigenvalue weighted by molar-refractivity contribution is -0.186. The van der Waals surface area contributed by atoms with Crippen molar-refractivity contribution in [3.8, 4) is 17.1 Å². The molecule has 1 amide bonds. The number of alkyl halides is 3. The molecule has 4 aromatic rings. The number of carbonyl (C=O) groups excluding carboxylic acids is 1. The van der Waals surface area contributed by atoms with Crippen molar-refractivity contribution in [3.05, 3.63) is 94.3 Å². The molecule has 0 saturated heterocycles. The first-order chi connectivity index (χ1) is 21.7. The lowest BCUT2D eigenvalue weighted by atomic mass is 9.96. The number of likely N-dealkylation sites (N-methyl/N-ethyl adjacent to an activating group) is 1. The predicted octanol–water partition coefficient (Wildman–Crippen LogP) is 6.36. The Morgan fingerprint density at radius 2 is 1.72 bits per heavy atom. The van der Waals surface area contributed by atoms with Crippen molar-refractivity contribution in [2.45, 2.75) is 57.2 Å². The number of nitrogens with zero attached hydrogens (tertiary/aromatic N) is 4. The summed E-state index contributed by atoms with van der Waals surface area (Å²) in [7, 11) is -2.67. The highest BCUT2D eigenvalue weighted by Crippen LogP contribution is 2.59. The van der Waals surface area contributed by atoms with E-state index in [9.17, 15) is 26.4 Å². The summed E-state index contributed by atoms with van der Waals surface area (Å²) in [6.07, 6.45) is -3.81. The summed E-state index contributed by atoms with van der Waals surface area (Å²) < 4.78 is 76.7. The number of anilines is 1. The first-order valence-electron chi connectivity index (χ1n) is 14.7. The molecular weight excluding hydrogens is 619 g/mol. The van der Waals surface area contributed by atoms with Gasteiger partial charge < -0.3 is 9.64 Å². The van der Waals surface area contributed by atoms with Crippen LogP contribution < -0.4 is 9.46 Å². The van der Waals surface area contributed by atoms with Crippen molar-refractivity contribution in [2.24, 2.45) is 5.41 Å². The van der Waals surface area contributed by atoms with Crippen LogP contribution >= 0.6 is 0 Å². The molecular formula is C33H32F3N5O4S. The van der Waals surface area contributed by atoms with E-state index in [2.05, 4.69) is 19.7 Å². The van der Waals surface area contributed by atoms with Crippen LogP contribution in [0.2, 0.25) is 0 Å². The standard InChI is InChI=1S/C33H32F3N5O4S/c1-19-7-5-8-20(2)27(19)28-21(3)29-39-31(38-28)40-46(43,44)24-10-6-9-23(15-24)30(42)41(4)18-26(45-29)25-12-11-22(17-37-25)16-32(13-14-32)33(34,35)36/h5-12,15,17,26H,13-14,16,18H2,1-4H3,(H,38,39,40)/t26-/m0/s1. The molecule has 1 aliphatic heterocycles. The number of ether oxygens (including phenoxy) is 1. The zero-order valence-electron chi connectivity index (χ0n) is 25.6. The van der Waals surface area contributed by atoms with E-state index >= 15 is 0 Å². The zero-order valence-corrected chi connectivity index (χ0v) is 26.5. The number of benzene rings is 2. The smallest absolute Gasteiger partial charge is 0.394 e. The highest BCUT2D eigenvalue weighted by molar-refractivity contribution is 7.92. The van der Waals surface area contributed by atoms with Crippen LogP contribution in [0.4, 0.5) is 19.1 Å². The van der Waals surface area contributed by atoms with Crippen LogP contribution in [-0.2, 0) is 16.4 Å². The Hall–Kier alpha value is -4.52.